The zero-order valence-corrected chi connectivity index (χ0v) is 20.2. The van der Waals surface area contributed by atoms with E-state index >= 15 is 0 Å². The summed E-state index contributed by atoms with van der Waals surface area (Å²) >= 11 is 6.10. The number of rotatable bonds is 8. The third-order valence-electron chi connectivity index (χ3n) is 6.18. The van der Waals surface area contributed by atoms with Gasteiger partial charge >= 0.3 is 0 Å². The normalized spacial score (nSPS) is 17.1. The molecular formula is C23H29ClFN7O2. The van der Waals surface area contributed by atoms with Gasteiger partial charge in [0.1, 0.15) is 5.65 Å². The number of piperidine rings is 1. The standard InChI is InChI=1S/C23H29ClFN7O2/c1-23(2,22(33)26-6-8-34-3)32-7-4-5-15(13-32)30-21-18(25)12-29-20(31-21)17-11-28-19-16(17)9-14(24)10-27-19/h9-12,15H,4-8,13H2,1-3H3,(H,26,33)(H,27,28)(H,29,30,31). The Hall–Kier alpha value is -2.82. The minimum Gasteiger partial charge on any atom is -0.383 e. The quantitative estimate of drug-likeness (QED) is 0.417. The molecule has 1 amide bonds. The molecule has 1 aliphatic heterocycles. The smallest absolute Gasteiger partial charge is 0.240 e. The van der Waals surface area contributed by atoms with E-state index in [0.29, 0.717) is 41.8 Å². The number of anilines is 1. The molecule has 1 unspecified atom stereocenters. The fourth-order valence-electron chi connectivity index (χ4n) is 4.18. The van der Waals surface area contributed by atoms with Gasteiger partial charge in [0.2, 0.25) is 5.91 Å². The molecule has 0 aliphatic carbocycles. The van der Waals surface area contributed by atoms with Gasteiger partial charge < -0.3 is 20.4 Å². The van der Waals surface area contributed by atoms with Crippen LogP contribution in [0.4, 0.5) is 10.2 Å². The van der Waals surface area contributed by atoms with Crippen molar-refractivity contribution in [3.8, 4) is 11.4 Å². The van der Waals surface area contributed by atoms with E-state index in [-0.39, 0.29) is 17.8 Å². The molecule has 0 radical (unpaired) electrons. The molecule has 3 aromatic rings. The highest BCUT2D eigenvalue weighted by Gasteiger charge is 2.37. The maximum absolute atomic E-state index is 14.7. The third kappa shape index (κ3) is 5.13. The predicted molar refractivity (Wildman–Crippen MR) is 129 cm³/mol. The van der Waals surface area contributed by atoms with Crippen LogP contribution in [0.5, 0.6) is 0 Å². The van der Waals surface area contributed by atoms with Gasteiger partial charge in [-0.15, -0.1) is 0 Å². The first-order valence-corrected chi connectivity index (χ1v) is 11.6. The van der Waals surface area contributed by atoms with Gasteiger partial charge in [0, 0.05) is 49.6 Å². The summed E-state index contributed by atoms with van der Waals surface area (Å²) in [5.74, 6) is -0.103. The highest BCUT2D eigenvalue weighted by molar-refractivity contribution is 6.31. The monoisotopic (exact) mass is 489 g/mol. The summed E-state index contributed by atoms with van der Waals surface area (Å²) in [7, 11) is 1.60. The number of carbonyl (C=O) groups is 1. The van der Waals surface area contributed by atoms with Crippen LogP contribution in [-0.2, 0) is 9.53 Å². The summed E-state index contributed by atoms with van der Waals surface area (Å²) in [6, 6.07) is 1.70. The van der Waals surface area contributed by atoms with E-state index in [1.165, 1.54) is 0 Å². The van der Waals surface area contributed by atoms with E-state index < -0.39 is 11.4 Å². The molecule has 3 aromatic heterocycles. The predicted octanol–water partition coefficient (Wildman–Crippen LogP) is 3.23. The maximum atomic E-state index is 14.7. The van der Waals surface area contributed by atoms with Crippen molar-refractivity contribution in [2.75, 3.05) is 38.7 Å². The van der Waals surface area contributed by atoms with E-state index in [0.717, 1.165) is 31.0 Å². The Bertz CT molecular complexity index is 1170. The van der Waals surface area contributed by atoms with E-state index in [4.69, 9.17) is 16.3 Å². The van der Waals surface area contributed by atoms with Gasteiger partial charge in [-0.05, 0) is 39.3 Å². The SMILES string of the molecule is COCCNC(=O)C(C)(C)N1CCCC(Nc2nc(-c3c[nH]c4ncc(Cl)cc34)ncc2F)C1. The maximum Gasteiger partial charge on any atom is 0.240 e. The molecule has 1 fully saturated rings. The van der Waals surface area contributed by atoms with Crippen LogP contribution in [0, 0.1) is 5.82 Å². The van der Waals surface area contributed by atoms with Gasteiger partial charge in [-0.25, -0.2) is 19.3 Å². The van der Waals surface area contributed by atoms with Crippen molar-refractivity contribution in [2.45, 2.75) is 38.3 Å². The van der Waals surface area contributed by atoms with Crippen molar-refractivity contribution >= 4 is 34.4 Å². The lowest BCUT2D eigenvalue weighted by molar-refractivity contribution is -0.132. The lowest BCUT2D eigenvalue weighted by atomic mass is 9.95. The summed E-state index contributed by atoms with van der Waals surface area (Å²) in [4.78, 5) is 30.8. The second-order valence-electron chi connectivity index (χ2n) is 8.88. The second-order valence-corrected chi connectivity index (χ2v) is 9.32. The number of hydrogen-bond donors (Lipinski definition) is 3. The van der Waals surface area contributed by atoms with Crippen LogP contribution in [0.3, 0.4) is 0 Å². The number of nitrogens with zero attached hydrogens (tertiary/aromatic N) is 4. The molecule has 11 heteroatoms. The molecular weight excluding hydrogens is 461 g/mol. The number of halogens is 2. The van der Waals surface area contributed by atoms with Gasteiger partial charge in [-0.2, -0.15) is 0 Å². The Balaban J connectivity index is 1.50. The van der Waals surface area contributed by atoms with Crippen molar-refractivity contribution in [1.82, 2.24) is 30.2 Å². The average Bonchev–Trinajstić information content (AvgIpc) is 3.24. The lowest BCUT2D eigenvalue weighted by Crippen LogP contribution is -2.59. The molecule has 0 bridgehead atoms. The van der Waals surface area contributed by atoms with Gasteiger partial charge in [0.15, 0.2) is 17.5 Å². The Morgan fingerprint density at radius 3 is 3.00 bits per heavy atom. The Morgan fingerprint density at radius 1 is 1.38 bits per heavy atom. The van der Waals surface area contributed by atoms with Crippen molar-refractivity contribution in [3.05, 3.63) is 35.5 Å². The minimum absolute atomic E-state index is 0.0627. The van der Waals surface area contributed by atoms with Crippen LogP contribution >= 0.6 is 11.6 Å². The summed E-state index contributed by atoms with van der Waals surface area (Å²) < 4.78 is 19.7. The number of aromatic amines is 1. The number of pyridine rings is 1. The van der Waals surface area contributed by atoms with Crippen LogP contribution in [0.25, 0.3) is 22.4 Å². The number of likely N-dealkylation sites (tertiary alicyclic amines) is 1. The average molecular weight is 490 g/mol. The van der Waals surface area contributed by atoms with Crippen LogP contribution in [0.1, 0.15) is 26.7 Å². The van der Waals surface area contributed by atoms with Crippen LogP contribution in [-0.4, -0.2) is 75.7 Å². The largest absolute Gasteiger partial charge is 0.383 e. The van der Waals surface area contributed by atoms with E-state index in [9.17, 15) is 9.18 Å². The molecule has 34 heavy (non-hydrogen) atoms. The number of hydrogen-bond acceptors (Lipinski definition) is 7. The first-order chi connectivity index (χ1) is 16.3. The fraction of sp³-hybridized carbons (Fsp3) is 0.478. The highest BCUT2D eigenvalue weighted by Crippen LogP contribution is 2.29. The summed E-state index contributed by atoms with van der Waals surface area (Å²) in [5, 5.41) is 7.40. The molecule has 1 atom stereocenters. The minimum atomic E-state index is -0.709. The zero-order chi connectivity index (χ0) is 24.3. The molecule has 1 saturated heterocycles. The van der Waals surface area contributed by atoms with Crippen LogP contribution in [0.15, 0.2) is 24.7 Å². The van der Waals surface area contributed by atoms with Crippen LogP contribution < -0.4 is 10.6 Å². The first kappa shape index (κ1) is 24.3. The van der Waals surface area contributed by atoms with Crippen molar-refractivity contribution < 1.29 is 13.9 Å². The number of methoxy groups -OCH3 is 1. The summed E-state index contributed by atoms with van der Waals surface area (Å²) in [6.07, 6.45) is 6.16. The van der Waals surface area contributed by atoms with Gasteiger partial charge in [0.05, 0.1) is 23.4 Å². The second kappa shape index (κ2) is 10.2. The third-order valence-corrected chi connectivity index (χ3v) is 6.39. The number of ether oxygens (including phenoxy) is 1. The number of fused-ring (bicyclic) bond motifs is 1. The van der Waals surface area contributed by atoms with Gasteiger partial charge in [-0.1, -0.05) is 11.6 Å². The molecule has 0 spiro atoms. The lowest BCUT2D eigenvalue weighted by Gasteiger charge is -2.42. The summed E-state index contributed by atoms with van der Waals surface area (Å²) in [6.45, 7) is 6.07. The molecule has 3 N–H and O–H groups in total. The number of aromatic nitrogens is 4. The number of H-pyrrole nitrogens is 1. The Kier molecular flexibility index (Phi) is 7.30. The molecule has 0 aromatic carbocycles. The number of amides is 1. The molecule has 9 nitrogen and oxygen atoms in total. The van der Waals surface area contributed by atoms with E-state index in [1.54, 1.807) is 25.6 Å². The molecule has 1 aliphatic rings. The molecule has 0 saturated carbocycles. The van der Waals surface area contributed by atoms with E-state index in [2.05, 4.69) is 35.5 Å². The first-order valence-electron chi connectivity index (χ1n) is 11.2. The van der Waals surface area contributed by atoms with E-state index in [1.807, 2.05) is 13.8 Å². The molecule has 4 rings (SSSR count). The van der Waals surface area contributed by atoms with Gasteiger partial charge in [0.25, 0.3) is 0 Å². The number of carbonyl (C=O) groups excluding carboxylic acids is 1. The molecule has 4 heterocycles. The summed E-state index contributed by atoms with van der Waals surface area (Å²) in [5.41, 5.74) is 0.628. The molecule has 182 valence electrons. The Morgan fingerprint density at radius 2 is 2.21 bits per heavy atom. The van der Waals surface area contributed by atoms with Crippen molar-refractivity contribution in [1.29, 1.82) is 0 Å². The fourth-order valence-corrected chi connectivity index (χ4v) is 4.34. The zero-order valence-electron chi connectivity index (χ0n) is 19.5. The topological polar surface area (TPSA) is 108 Å². The van der Waals surface area contributed by atoms with Crippen molar-refractivity contribution in [2.24, 2.45) is 0 Å². The van der Waals surface area contributed by atoms with Gasteiger partial charge in [-0.3, -0.25) is 9.69 Å². The Labute approximate surface area is 202 Å². The number of nitrogens with one attached hydrogen (secondary N) is 3. The van der Waals surface area contributed by atoms with Crippen LogP contribution in [0.2, 0.25) is 5.02 Å². The van der Waals surface area contributed by atoms with Crippen molar-refractivity contribution in [3.63, 3.8) is 0 Å². The highest BCUT2D eigenvalue weighted by atomic mass is 35.5.